The molecule has 2 aromatic heterocycles. The van der Waals surface area contributed by atoms with Gasteiger partial charge >= 0.3 is 114 Å². The number of carbonyl (C=O) groups is 1. The summed E-state index contributed by atoms with van der Waals surface area (Å²) in [6.45, 7) is 4.83. The van der Waals surface area contributed by atoms with Gasteiger partial charge in [-0.3, -0.25) is 33.5 Å². The Morgan fingerprint density at radius 1 is 0.873 bits per heavy atom. The fraction of sp³-hybridized carbons (Fsp3) is 0.519. The molecule has 2 saturated heterocycles. The van der Waals surface area contributed by atoms with E-state index in [2.05, 4.69) is 49.6 Å². The van der Waals surface area contributed by atoms with Crippen LogP contribution in [0.15, 0.2) is 31.6 Å². The van der Waals surface area contributed by atoms with Gasteiger partial charge < -0.3 is 51.7 Å². The van der Waals surface area contributed by atoms with Gasteiger partial charge in [-0.25, -0.2) is 9.59 Å². The average Bonchev–Trinajstić information content (AvgIpc) is 3.56. The second kappa shape index (κ2) is 30.4. The van der Waals surface area contributed by atoms with Crippen molar-refractivity contribution < 1.29 is 159 Å². The minimum Gasteiger partial charge on any atom is -1.00 e. The van der Waals surface area contributed by atoms with E-state index in [-0.39, 0.29) is 129 Å². The Morgan fingerprint density at radius 3 is 1.53 bits per heavy atom. The molecule has 8 N–H and O–H groups in total. The van der Waals surface area contributed by atoms with E-state index < -0.39 is 92.9 Å². The van der Waals surface area contributed by atoms with Crippen molar-refractivity contribution in [2.45, 2.75) is 76.1 Å². The van der Waals surface area contributed by atoms with Crippen LogP contribution >= 0.6 is 0 Å². The molecule has 4 heterocycles. The summed E-state index contributed by atoms with van der Waals surface area (Å²) < 4.78 is 12.3. The molecule has 8 atom stereocenters. The summed E-state index contributed by atoms with van der Waals surface area (Å²) >= 11 is 9.03. The number of nitrogens with zero attached hydrogens (tertiary/aromatic N) is 2. The molecular formula is C27H38K2N4O15S6Si. The van der Waals surface area contributed by atoms with Gasteiger partial charge in [-0.15, -0.1) is 12.0 Å². The minimum absolute atomic E-state index is 0. The minimum atomic E-state index is -1.72. The zero-order valence-electron chi connectivity index (χ0n) is 30.0. The Labute approximate surface area is 422 Å². The first-order valence-corrected chi connectivity index (χ1v) is 24.2. The Hall–Kier alpha value is 0.400. The van der Waals surface area contributed by atoms with Crippen LogP contribution in [0.25, 0.3) is 0 Å². The van der Waals surface area contributed by atoms with Crippen LogP contribution < -0.4 is 131 Å². The van der Waals surface area contributed by atoms with Crippen molar-refractivity contribution in [2.24, 2.45) is 0 Å². The van der Waals surface area contributed by atoms with E-state index in [1.54, 1.807) is 0 Å². The van der Waals surface area contributed by atoms with Crippen LogP contribution in [0.1, 0.15) is 32.4 Å². The van der Waals surface area contributed by atoms with E-state index in [1.165, 1.54) is 41.7 Å². The maximum Gasteiger partial charge on any atom is 1.00 e. The molecule has 2 aliphatic rings. The Morgan fingerprint density at radius 2 is 1.24 bits per heavy atom. The molecule has 2 aromatic rings. The number of nitrogens with one attached hydrogen (secondary N) is 2. The van der Waals surface area contributed by atoms with E-state index >= 15 is 0 Å². The van der Waals surface area contributed by atoms with Crippen molar-refractivity contribution in [3.05, 3.63) is 65.2 Å². The Balaban J connectivity index is -0.000000371. The van der Waals surface area contributed by atoms with Crippen molar-refractivity contribution in [1.29, 1.82) is 0 Å². The largest absolute Gasteiger partial charge is 1.00 e. The molecule has 2 aliphatic heterocycles. The summed E-state index contributed by atoms with van der Waals surface area (Å²) in [6, 6.07) is 0. The first-order chi connectivity index (χ1) is 24.5. The fourth-order valence-corrected chi connectivity index (χ4v) is 10.0. The predicted molar refractivity (Wildman–Crippen MR) is 206 cm³/mol. The van der Waals surface area contributed by atoms with Crippen LogP contribution in [0.3, 0.4) is 0 Å². The number of ether oxygens (including phenoxy) is 2. The van der Waals surface area contributed by atoms with Gasteiger partial charge in [0.05, 0.1) is 13.2 Å². The maximum atomic E-state index is 12.0. The molecule has 19 nitrogen and oxygen atoms in total. The summed E-state index contributed by atoms with van der Waals surface area (Å²) in [5.74, 6) is 4.84. The first kappa shape index (κ1) is 59.7. The number of carbonyl (C=O) groups excluding carboxylic acids is 1. The van der Waals surface area contributed by atoms with Gasteiger partial charge in [0.1, 0.15) is 55.8 Å². The third-order valence-corrected chi connectivity index (χ3v) is 13.9. The van der Waals surface area contributed by atoms with Crippen molar-refractivity contribution in [3.8, 4) is 23.8 Å². The topological polar surface area (TPSA) is 299 Å². The number of hydrogen-bond donors (Lipinski definition) is 8. The van der Waals surface area contributed by atoms with Gasteiger partial charge in [0.15, 0.2) is 12.5 Å². The van der Waals surface area contributed by atoms with E-state index in [9.17, 15) is 39.6 Å². The molecule has 0 radical (unpaired) electrons. The third-order valence-electron chi connectivity index (χ3n) is 6.37. The summed E-state index contributed by atoms with van der Waals surface area (Å²) in [5.41, 5.74) is 0.00643. The summed E-state index contributed by atoms with van der Waals surface area (Å²) in [4.78, 5) is 62.1. The normalized spacial score (nSPS) is 23.0. The van der Waals surface area contributed by atoms with E-state index in [0.29, 0.717) is 0 Å². The number of aliphatic hydroxyl groups excluding tert-OH is 6. The number of H-pyrrole nitrogens is 2. The number of hydrogen-bond acceptors (Lipinski definition) is 17. The molecule has 0 aromatic carbocycles. The number of aromatic nitrogens is 4. The molecular weight excluding hydrogens is 922 g/mol. The SMILES string of the molecule is C.C#[13C]c1cn([C@@H]2O[C@H](CO)[C@H](O)[C@@H]2O)c(=O)[nH]c1=O.C[Si](C)(C)[13C]#[13C]c1cn([C@@H]2O[C@H](CO)[C@H](O)[C@@H]2O)c(=O)[nH]c1=O.O=CO[O-].S=S=S=S=S=S.[H-].[K+].[K+]. The molecule has 0 saturated carbocycles. The summed E-state index contributed by atoms with van der Waals surface area (Å²) in [7, 11) is 3.91. The van der Waals surface area contributed by atoms with Crippen LogP contribution in [0.2, 0.25) is 19.6 Å². The molecule has 0 unspecified atom stereocenters. The van der Waals surface area contributed by atoms with Gasteiger partial charge in [-0.05, 0) is 0 Å². The predicted octanol–water partition coefficient (Wildman–Crippen LogP) is -11.3. The molecule has 0 spiro atoms. The Kier molecular flexibility index (Phi) is 33.0. The summed E-state index contributed by atoms with van der Waals surface area (Å²) in [5, 5.41) is 65.6. The fourth-order valence-electron chi connectivity index (χ4n) is 4.04. The molecule has 2 fully saturated rings. The molecule has 55 heavy (non-hydrogen) atoms. The van der Waals surface area contributed by atoms with E-state index in [0.717, 1.165) is 15.3 Å². The number of terminal acetylenes is 1. The van der Waals surface area contributed by atoms with Crippen molar-refractivity contribution in [1.82, 2.24) is 19.1 Å². The van der Waals surface area contributed by atoms with Crippen LogP contribution in [0.4, 0.5) is 0 Å². The van der Waals surface area contributed by atoms with E-state index in [1.807, 2.05) is 24.6 Å². The van der Waals surface area contributed by atoms with E-state index in [4.69, 9.17) is 36.2 Å². The van der Waals surface area contributed by atoms with Crippen LogP contribution in [-0.2, 0) is 77.1 Å². The number of rotatable bonds is 5. The zero-order valence-corrected chi connectivity index (χ0v) is 41.2. The van der Waals surface area contributed by atoms with Gasteiger partial charge in [-0.2, -0.15) is 0 Å². The standard InChI is InChI=1S/C14H20N2O6Si.C11H12N2O6.CH2O3.CH4.2K.S6.H/c1-23(2,3)5-4-8-6-16(14(21)15-12(8)20)13-11(19)10(18)9(7-17)22-13;1-2-5-3-13(11(18)12-9(5)17)10-8(16)7(15)6(4-14)19-10;2-1-4-3;;;;1-3-5-6-4-2;/h6,9-11,13,17-19H,7H2,1-3H3,(H,15,20,21);1,3,6-8,10,14-16H,4H2,(H,12,17,18);1,3H;1H4;;;;/q;;;;2*+1;;-1/p-1/t9-,10+,11+,13-;6-,7+,8+,10-;;;;;;/m11....../s1/i4+1,5+1;2+1;;;;;;. The van der Waals surface area contributed by atoms with Crippen molar-refractivity contribution >= 4 is 72.4 Å². The van der Waals surface area contributed by atoms with Gasteiger partial charge in [0, 0.05) is 70.3 Å². The molecule has 0 amide bonds. The molecule has 4 rings (SSSR count). The number of aliphatic hydroxyl groups is 6. The quantitative estimate of drug-likeness (QED) is 0.0345. The molecule has 0 bridgehead atoms. The molecule has 298 valence electrons. The zero-order chi connectivity index (χ0) is 39.8. The smallest absolute Gasteiger partial charge is 1.00 e. The van der Waals surface area contributed by atoms with Crippen LogP contribution in [0.5, 0.6) is 0 Å². The van der Waals surface area contributed by atoms with Gasteiger partial charge in [0.25, 0.3) is 17.6 Å². The number of aromatic amines is 2. The maximum absolute atomic E-state index is 12.0. The average molecular weight is 960 g/mol. The molecule has 28 heteroatoms. The second-order valence-electron chi connectivity index (χ2n) is 11.0. The van der Waals surface area contributed by atoms with Crippen molar-refractivity contribution in [2.75, 3.05) is 13.2 Å². The first-order valence-electron chi connectivity index (χ1n) is 14.1. The van der Waals surface area contributed by atoms with Crippen LogP contribution in [0, 0.1) is 23.8 Å². The summed E-state index contributed by atoms with van der Waals surface area (Å²) in [6.07, 6.45) is -2.62. The Bertz CT molecular complexity index is 2050. The second-order valence-corrected chi connectivity index (χ2v) is 22.8. The third kappa shape index (κ3) is 19.1. The molecule has 0 aliphatic carbocycles. The monoisotopic (exact) mass is 959 g/mol. The van der Waals surface area contributed by atoms with Crippen molar-refractivity contribution in [3.63, 3.8) is 0 Å². The van der Waals surface area contributed by atoms with Crippen LogP contribution in [-0.4, -0.2) is 114 Å². The van der Waals surface area contributed by atoms with Gasteiger partial charge in [-0.1, -0.05) is 38.9 Å². The van der Waals surface area contributed by atoms with Gasteiger partial charge in [0.2, 0.25) is 0 Å².